The first-order valence-electron chi connectivity index (χ1n) is 11.1. The van der Waals surface area contributed by atoms with Crippen molar-refractivity contribution < 1.29 is 38.2 Å². The molecule has 198 valence electrons. The second-order valence-electron chi connectivity index (χ2n) is 7.69. The Hall–Kier alpha value is -5.13. The molecule has 0 heterocycles. The number of nitrogens with one attached hydrogen (secondary N) is 1. The van der Waals surface area contributed by atoms with Gasteiger partial charge in [-0.15, -0.1) is 0 Å². The van der Waals surface area contributed by atoms with Crippen molar-refractivity contribution in [2.75, 3.05) is 27.9 Å². The smallest absolute Gasteiger partial charge is 0.343 e. The first-order valence-corrected chi connectivity index (χ1v) is 11.1. The van der Waals surface area contributed by atoms with Gasteiger partial charge in [-0.05, 0) is 48.4 Å². The van der Waals surface area contributed by atoms with Gasteiger partial charge in [-0.25, -0.2) is 10.2 Å². The zero-order valence-corrected chi connectivity index (χ0v) is 21.0. The van der Waals surface area contributed by atoms with Crippen LogP contribution in [0.25, 0.3) is 0 Å². The van der Waals surface area contributed by atoms with Crippen molar-refractivity contribution in [2.24, 2.45) is 5.10 Å². The van der Waals surface area contributed by atoms with Crippen LogP contribution in [0.4, 0.5) is 5.69 Å². The van der Waals surface area contributed by atoms with Gasteiger partial charge >= 0.3 is 11.7 Å². The Balaban J connectivity index is 1.61. The van der Waals surface area contributed by atoms with Crippen LogP contribution in [0.2, 0.25) is 0 Å². The molecule has 12 nitrogen and oxygen atoms in total. The zero-order chi connectivity index (χ0) is 27.7. The molecule has 0 saturated heterocycles. The summed E-state index contributed by atoms with van der Waals surface area (Å²) in [6.07, 6.45) is 1.34. The summed E-state index contributed by atoms with van der Waals surface area (Å²) in [6.45, 7) is 1.23. The highest BCUT2D eigenvalue weighted by atomic mass is 16.6. The molecular formula is C26H25N3O9. The summed E-state index contributed by atoms with van der Waals surface area (Å²) in [7, 11) is 4.33. The van der Waals surface area contributed by atoms with Gasteiger partial charge in [0.25, 0.3) is 5.91 Å². The highest BCUT2D eigenvalue weighted by molar-refractivity contribution is 5.93. The van der Waals surface area contributed by atoms with Gasteiger partial charge in [0.2, 0.25) is 5.75 Å². The van der Waals surface area contributed by atoms with E-state index in [1.807, 2.05) is 0 Å². The maximum atomic E-state index is 12.7. The van der Waals surface area contributed by atoms with Crippen LogP contribution < -0.4 is 29.1 Å². The molecule has 0 bridgehead atoms. The summed E-state index contributed by atoms with van der Waals surface area (Å²) >= 11 is 0. The van der Waals surface area contributed by atoms with E-state index in [-0.39, 0.29) is 22.7 Å². The van der Waals surface area contributed by atoms with Crippen LogP contribution in [0.1, 0.15) is 21.5 Å². The van der Waals surface area contributed by atoms with Gasteiger partial charge in [0.15, 0.2) is 23.9 Å². The molecule has 0 aromatic heterocycles. The van der Waals surface area contributed by atoms with Gasteiger partial charge in [0, 0.05) is 6.07 Å². The van der Waals surface area contributed by atoms with Crippen molar-refractivity contribution in [3.05, 3.63) is 81.4 Å². The van der Waals surface area contributed by atoms with E-state index in [9.17, 15) is 19.7 Å². The summed E-state index contributed by atoms with van der Waals surface area (Å²) in [4.78, 5) is 35.3. The summed E-state index contributed by atoms with van der Waals surface area (Å²) in [6, 6.07) is 13.8. The SMILES string of the molecule is COc1cc(C(=O)Oc2cccc(C=NNC(=O)COc3ccc(C)cc3[N+](=O)[O-])c2)cc(OC)c1OC. The van der Waals surface area contributed by atoms with E-state index in [1.165, 1.54) is 57.9 Å². The predicted molar refractivity (Wildman–Crippen MR) is 137 cm³/mol. The molecule has 0 aliphatic heterocycles. The van der Waals surface area contributed by atoms with Crippen LogP contribution in [0, 0.1) is 17.0 Å². The lowest BCUT2D eigenvalue weighted by atomic mass is 10.1. The Morgan fingerprint density at radius 1 is 0.974 bits per heavy atom. The summed E-state index contributed by atoms with van der Waals surface area (Å²) in [5.41, 5.74) is 3.43. The van der Waals surface area contributed by atoms with Gasteiger partial charge in [-0.2, -0.15) is 5.10 Å². The number of ether oxygens (including phenoxy) is 5. The molecule has 0 unspecified atom stereocenters. The van der Waals surface area contributed by atoms with Gasteiger partial charge in [0.1, 0.15) is 5.75 Å². The second kappa shape index (κ2) is 12.7. The lowest BCUT2D eigenvalue weighted by molar-refractivity contribution is -0.385. The largest absolute Gasteiger partial charge is 0.493 e. The minimum Gasteiger partial charge on any atom is -0.493 e. The van der Waals surface area contributed by atoms with Gasteiger partial charge < -0.3 is 23.7 Å². The average molecular weight is 523 g/mol. The van der Waals surface area contributed by atoms with Crippen molar-refractivity contribution in [3.8, 4) is 28.7 Å². The molecule has 12 heteroatoms. The van der Waals surface area contributed by atoms with Crippen LogP contribution in [0.15, 0.2) is 59.7 Å². The van der Waals surface area contributed by atoms with Crippen molar-refractivity contribution in [2.45, 2.75) is 6.92 Å². The number of hydrazone groups is 1. The van der Waals surface area contributed by atoms with E-state index in [2.05, 4.69) is 10.5 Å². The predicted octanol–water partition coefficient (Wildman–Crippen LogP) is 3.68. The Morgan fingerprint density at radius 2 is 1.68 bits per heavy atom. The van der Waals surface area contributed by atoms with Crippen LogP contribution >= 0.6 is 0 Å². The fourth-order valence-electron chi connectivity index (χ4n) is 3.27. The monoisotopic (exact) mass is 523 g/mol. The molecule has 0 aliphatic carbocycles. The fraction of sp³-hybridized carbons (Fsp3) is 0.192. The van der Waals surface area contributed by atoms with E-state index in [0.29, 0.717) is 28.4 Å². The number of nitro groups is 1. The van der Waals surface area contributed by atoms with Gasteiger partial charge in [0.05, 0.1) is 38.0 Å². The van der Waals surface area contributed by atoms with Crippen molar-refractivity contribution >= 4 is 23.8 Å². The Kier molecular flexibility index (Phi) is 9.19. The molecule has 0 radical (unpaired) electrons. The van der Waals surface area contributed by atoms with E-state index < -0.39 is 23.4 Å². The minimum absolute atomic E-state index is 0.0265. The number of methoxy groups -OCH3 is 3. The quantitative estimate of drug-likeness (QED) is 0.131. The summed E-state index contributed by atoms with van der Waals surface area (Å²) in [5, 5.41) is 15.0. The van der Waals surface area contributed by atoms with Gasteiger partial charge in [-0.1, -0.05) is 18.2 Å². The van der Waals surface area contributed by atoms with Crippen molar-refractivity contribution in [3.63, 3.8) is 0 Å². The maximum absolute atomic E-state index is 12.7. The van der Waals surface area contributed by atoms with Crippen molar-refractivity contribution in [1.82, 2.24) is 5.43 Å². The van der Waals surface area contributed by atoms with E-state index in [1.54, 1.807) is 31.2 Å². The molecule has 1 amide bonds. The topological polar surface area (TPSA) is 148 Å². The number of carbonyl (C=O) groups excluding carboxylic acids is 2. The van der Waals surface area contributed by atoms with Crippen LogP contribution in [-0.4, -0.2) is 51.0 Å². The average Bonchev–Trinajstić information content (AvgIpc) is 2.91. The van der Waals surface area contributed by atoms with E-state index in [4.69, 9.17) is 23.7 Å². The molecule has 3 aromatic carbocycles. The first kappa shape index (κ1) is 27.5. The zero-order valence-electron chi connectivity index (χ0n) is 21.0. The van der Waals surface area contributed by atoms with Crippen molar-refractivity contribution in [1.29, 1.82) is 0 Å². The number of rotatable bonds is 11. The van der Waals surface area contributed by atoms with Crippen LogP contribution in [0.5, 0.6) is 28.7 Å². The molecule has 3 rings (SSSR count). The molecule has 38 heavy (non-hydrogen) atoms. The lowest BCUT2D eigenvalue weighted by Gasteiger charge is -2.13. The molecule has 0 aliphatic rings. The number of carbonyl (C=O) groups is 2. The fourth-order valence-corrected chi connectivity index (χ4v) is 3.27. The standard InChI is InChI=1S/C26H25N3O9/c1-16-8-9-21(20(10-16)29(32)33)37-15-24(30)28-27-14-17-6-5-7-19(11-17)38-26(31)18-12-22(34-2)25(36-4)23(13-18)35-3/h5-14H,15H2,1-4H3,(H,28,30). The summed E-state index contributed by atoms with van der Waals surface area (Å²) in [5.74, 6) is -0.132. The molecule has 0 fully saturated rings. The van der Waals surface area contributed by atoms with E-state index in [0.717, 1.165) is 0 Å². The molecular weight excluding hydrogens is 498 g/mol. The third kappa shape index (κ3) is 6.97. The third-order valence-corrected chi connectivity index (χ3v) is 5.04. The Labute approximate surface area is 217 Å². The lowest BCUT2D eigenvalue weighted by Crippen LogP contribution is -2.24. The number of amides is 1. The van der Waals surface area contributed by atoms with Gasteiger partial charge in [-0.3, -0.25) is 14.9 Å². The van der Waals surface area contributed by atoms with E-state index >= 15 is 0 Å². The number of nitro benzene ring substituents is 1. The molecule has 0 spiro atoms. The molecule has 1 N–H and O–H groups in total. The number of esters is 1. The molecule has 0 saturated carbocycles. The number of benzene rings is 3. The Morgan fingerprint density at radius 3 is 2.32 bits per heavy atom. The van der Waals surface area contributed by atoms with Crippen LogP contribution in [0.3, 0.4) is 0 Å². The summed E-state index contributed by atoms with van der Waals surface area (Å²) < 4.78 is 26.5. The number of hydrogen-bond donors (Lipinski definition) is 1. The highest BCUT2D eigenvalue weighted by Gasteiger charge is 2.19. The maximum Gasteiger partial charge on any atom is 0.343 e. The van der Waals surface area contributed by atoms with Crippen LogP contribution in [-0.2, 0) is 4.79 Å². The number of aryl methyl sites for hydroxylation is 1. The molecule has 0 atom stereocenters. The number of nitrogens with zero attached hydrogens (tertiary/aromatic N) is 2. The highest BCUT2D eigenvalue weighted by Crippen LogP contribution is 2.38. The second-order valence-corrected chi connectivity index (χ2v) is 7.69. The Bertz CT molecular complexity index is 1350. The normalized spacial score (nSPS) is 10.5. The third-order valence-electron chi connectivity index (χ3n) is 5.04. The molecule has 3 aromatic rings. The first-order chi connectivity index (χ1) is 18.2. The minimum atomic E-state index is -0.658. The number of hydrogen-bond acceptors (Lipinski definition) is 10.